The minimum Gasteiger partial charge on any atom is -0.454 e. The Balaban J connectivity index is 1.95. The van der Waals surface area contributed by atoms with Crippen LogP contribution in [0.1, 0.15) is 24.3 Å². The van der Waals surface area contributed by atoms with E-state index in [0.29, 0.717) is 6.54 Å². The van der Waals surface area contributed by atoms with E-state index in [0.717, 1.165) is 15.1 Å². The molecule has 1 aromatic carbocycles. The molecule has 90 valence electrons. The van der Waals surface area contributed by atoms with E-state index in [4.69, 9.17) is 4.42 Å². The summed E-state index contributed by atoms with van der Waals surface area (Å²) in [6.07, 6.45) is 0. The number of nitrogens with one attached hydrogen (secondary N) is 1. The maximum Gasteiger partial charge on any atom is 0.164 e. The van der Waals surface area contributed by atoms with Gasteiger partial charge in [0.25, 0.3) is 0 Å². The Morgan fingerprint density at radius 3 is 2.82 bits per heavy atom. The highest BCUT2D eigenvalue weighted by Gasteiger charge is 2.07. The van der Waals surface area contributed by atoms with E-state index < -0.39 is 0 Å². The number of hydrogen-bond donors (Lipinski definition) is 1. The average molecular weight is 345 g/mol. The molecule has 17 heavy (non-hydrogen) atoms. The Hall–Kier alpha value is -0.880. The lowest BCUT2D eigenvalue weighted by Crippen LogP contribution is -2.17. The van der Waals surface area contributed by atoms with Gasteiger partial charge in [-0.25, -0.2) is 4.39 Å². The molecule has 0 amide bonds. The van der Waals surface area contributed by atoms with E-state index in [9.17, 15) is 4.39 Å². The normalized spacial score (nSPS) is 12.6. The van der Waals surface area contributed by atoms with Gasteiger partial charge in [0.05, 0.1) is 6.54 Å². The third-order valence-corrected chi connectivity index (χ3v) is 3.14. The van der Waals surface area contributed by atoms with Crippen LogP contribution in [0.2, 0.25) is 0 Å². The Morgan fingerprint density at radius 2 is 2.18 bits per heavy atom. The van der Waals surface area contributed by atoms with Crippen molar-refractivity contribution in [2.45, 2.75) is 19.5 Å². The van der Waals surface area contributed by atoms with Crippen molar-refractivity contribution in [3.63, 3.8) is 0 Å². The second-order valence-corrected chi connectivity index (χ2v) is 4.93. The summed E-state index contributed by atoms with van der Waals surface area (Å²) in [6.45, 7) is 2.64. The summed E-state index contributed by atoms with van der Waals surface area (Å²) in [6, 6.07) is 10.6. The lowest BCUT2D eigenvalue weighted by molar-refractivity contribution is 0.444. The van der Waals surface area contributed by atoms with E-state index in [1.165, 1.54) is 6.07 Å². The molecule has 0 saturated carbocycles. The fourth-order valence-corrected chi connectivity index (χ4v) is 2.06. The zero-order valence-corrected chi connectivity index (χ0v) is 11.6. The van der Waals surface area contributed by atoms with E-state index in [-0.39, 0.29) is 11.9 Å². The van der Waals surface area contributed by atoms with Crippen molar-refractivity contribution < 1.29 is 8.81 Å². The van der Waals surface area contributed by atoms with Crippen LogP contribution in [-0.2, 0) is 6.54 Å². The van der Waals surface area contributed by atoms with Gasteiger partial charge in [-0.3, -0.25) is 0 Å². The lowest BCUT2D eigenvalue weighted by atomic mass is 10.1. The zero-order valence-electron chi connectivity index (χ0n) is 9.41. The molecule has 1 atom stereocenters. The van der Waals surface area contributed by atoms with Crippen LogP contribution in [0.3, 0.4) is 0 Å². The molecule has 0 aliphatic rings. The molecule has 2 aromatic rings. The molecule has 2 rings (SSSR count). The summed E-state index contributed by atoms with van der Waals surface area (Å²) >= 11 is 2.13. The maximum atomic E-state index is 13.0. The molecule has 1 aromatic heterocycles. The quantitative estimate of drug-likeness (QED) is 0.851. The molecular weight excluding hydrogens is 332 g/mol. The van der Waals surface area contributed by atoms with Crippen molar-refractivity contribution in [1.82, 2.24) is 5.32 Å². The molecule has 0 radical (unpaired) electrons. The Bertz CT molecular complexity index is 498. The van der Waals surface area contributed by atoms with Crippen LogP contribution in [0, 0.1) is 9.58 Å². The summed E-state index contributed by atoms with van der Waals surface area (Å²) in [5.74, 6) is 0.682. The highest BCUT2D eigenvalue weighted by Crippen LogP contribution is 2.15. The van der Waals surface area contributed by atoms with Gasteiger partial charge in [-0.15, -0.1) is 0 Å². The Labute approximate surface area is 113 Å². The van der Waals surface area contributed by atoms with Crippen molar-refractivity contribution in [3.05, 3.63) is 57.3 Å². The number of benzene rings is 1. The van der Waals surface area contributed by atoms with Gasteiger partial charge in [0.2, 0.25) is 0 Å². The van der Waals surface area contributed by atoms with Crippen LogP contribution in [0.4, 0.5) is 4.39 Å². The summed E-state index contributed by atoms with van der Waals surface area (Å²) in [5.41, 5.74) is 0.936. The largest absolute Gasteiger partial charge is 0.454 e. The fraction of sp³-hybridized carbons (Fsp3) is 0.231. The minimum absolute atomic E-state index is 0.0912. The SMILES string of the molecule is C[C@H](NCc1ccc(I)o1)c1cccc(F)c1. The molecule has 0 unspecified atom stereocenters. The standard InChI is InChI=1S/C13H13FINO/c1-9(10-3-2-4-11(14)7-10)16-8-12-5-6-13(15)17-12/h2-7,9,16H,8H2,1H3/t9-/m0/s1. The monoisotopic (exact) mass is 345 g/mol. The van der Waals surface area contributed by atoms with Crippen LogP contribution in [0.25, 0.3) is 0 Å². The average Bonchev–Trinajstić information content (AvgIpc) is 2.72. The minimum atomic E-state index is -0.205. The Kier molecular flexibility index (Phi) is 4.17. The van der Waals surface area contributed by atoms with Gasteiger partial charge in [0.1, 0.15) is 11.6 Å². The molecule has 4 heteroatoms. The van der Waals surface area contributed by atoms with Crippen LogP contribution >= 0.6 is 22.6 Å². The van der Waals surface area contributed by atoms with Crippen LogP contribution < -0.4 is 5.32 Å². The van der Waals surface area contributed by atoms with E-state index in [1.807, 2.05) is 25.1 Å². The number of furan rings is 1. The maximum absolute atomic E-state index is 13.0. The van der Waals surface area contributed by atoms with E-state index in [1.54, 1.807) is 12.1 Å². The van der Waals surface area contributed by atoms with E-state index >= 15 is 0 Å². The van der Waals surface area contributed by atoms with Gasteiger partial charge in [-0.2, -0.15) is 0 Å². The summed E-state index contributed by atoms with van der Waals surface area (Å²) in [4.78, 5) is 0. The van der Waals surface area contributed by atoms with Gasteiger partial charge in [-0.1, -0.05) is 12.1 Å². The van der Waals surface area contributed by atoms with Gasteiger partial charge < -0.3 is 9.73 Å². The molecule has 0 aliphatic carbocycles. The molecule has 0 spiro atoms. The van der Waals surface area contributed by atoms with Crippen LogP contribution in [0.5, 0.6) is 0 Å². The lowest BCUT2D eigenvalue weighted by Gasteiger charge is -2.13. The molecule has 0 fully saturated rings. The first-order valence-electron chi connectivity index (χ1n) is 5.38. The molecule has 1 N–H and O–H groups in total. The van der Waals surface area contributed by atoms with E-state index in [2.05, 4.69) is 27.9 Å². The number of halogens is 2. The van der Waals surface area contributed by atoms with Crippen molar-refractivity contribution >= 4 is 22.6 Å². The molecule has 0 saturated heterocycles. The smallest absolute Gasteiger partial charge is 0.164 e. The number of hydrogen-bond acceptors (Lipinski definition) is 2. The second kappa shape index (κ2) is 5.64. The molecule has 2 nitrogen and oxygen atoms in total. The molecule has 1 heterocycles. The van der Waals surface area contributed by atoms with Crippen LogP contribution in [-0.4, -0.2) is 0 Å². The highest BCUT2D eigenvalue weighted by molar-refractivity contribution is 14.1. The second-order valence-electron chi connectivity index (χ2n) is 3.86. The topological polar surface area (TPSA) is 25.2 Å². The zero-order chi connectivity index (χ0) is 12.3. The van der Waals surface area contributed by atoms with Crippen molar-refractivity contribution in [2.24, 2.45) is 0 Å². The van der Waals surface area contributed by atoms with Crippen molar-refractivity contribution in [1.29, 1.82) is 0 Å². The Morgan fingerprint density at radius 1 is 1.35 bits per heavy atom. The predicted molar refractivity (Wildman–Crippen MR) is 73.1 cm³/mol. The third kappa shape index (κ3) is 3.54. The van der Waals surface area contributed by atoms with Gasteiger partial charge in [0, 0.05) is 6.04 Å². The summed E-state index contributed by atoms with van der Waals surface area (Å²) in [5, 5.41) is 3.29. The van der Waals surface area contributed by atoms with Crippen molar-refractivity contribution in [2.75, 3.05) is 0 Å². The van der Waals surface area contributed by atoms with Gasteiger partial charge >= 0.3 is 0 Å². The predicted octanol–water partition coefficient (Wildman–Crippen LogP) is 3.87. The highest BCUT2D eigenvalue weighted by atomic mass is 127. The molecular formula is C13H13FINO. The first-order valence-corrected chi connectivity index (χ1v) is 6.46. The fourth-order valence-electron chi connectivity index (χ4n) is 1.59. The van der Waals surface area contributed by atoms with Crippen molar-refractivity contribution in [3.8, 4) is 0 Å². The number of rotatable bonds is 4. The summed E-state index contributed by atoms with van der Waals surface area (Å²) < 4.78 is 19.4. The molecule has 0 aliphatic heterocycles. The van der Waals surface area contributed by atoms with Gasteiger partial charge in [0.15, 0.2) is 3.77 Å². The molecule has 0 bridgehead atoms. The van der Waals surface area contributed by atoms with Gasteiger partial charge in [-0.05, 0) is 59.3 Å². The first-order chi connectivity index (χ1) is 8.15. The first kappa shape index (κ1) is 12.6. The summed E-state index contributed by atoms with van der Waals surface area (Å²) in [7, 11) is 0. The van der Waals surface area contributed by atoms with Crippen LogP contribution in [0.15, 0.2) is 40.8 Å². The third-order valence-electron chi connectivity index (χ3n) is 2.56.